The fourth-order valence-corrected chi connectivity index (χ4v) is 1.47. The third-order valence-electron chi connectivity index (χ3n) is 2.39. The predicted octanol–water partition coefficient (Wildman–Crippen LogP) is 1.80. The Kier molecular flexibility index (Phi) is 3.52. The van der Waals surface area contributed by atoms with Crippen LogP contribution in [0.1, 0.15) is 26.7 Å². The Hall–Kier alpha value is 0.250. The van der Waals surface area contributed by atoms with E-state index in [1.54, 1.807) is 0 Å². The van der Waals surface area contributed by atoms with Gasteiger partial charge in [0.2, 0.25) is 0 Å². The van der Waals surface area contributed by atoms with E-state index in [1.807, 2.05) is 0 Å². The number of nitrogens with two attached hydrogens (primary N) is 1. The Labute approximate surface area is 63.4 Å². The van der Waals surface area contributed by atoms with E-state index < -0.39 is 0 Å². The Morgan fingerprint density at radius 1 is 1.11 bits per heavy atom. The molecule has 0 saturated heterocycles. The lowest BCUT2D eigenvalue weighted by Crippen LogP contribution is -2.27. The van der Waals surface area contributed by atoms with Crippen molar-refractivity contribution >= 4 is 12.4 Å². The van der Waals surface area contributed by atoms with Crippen molar-refractivity contribution in [2.45, 2.75) is 32.7 Å². The first kappa shape index (κ1) is 9.25. The highest BCUT2D eigenvalue weighted by molar-refractivity contribution is 5.85. The molecule has 0 heterocycles. The van der Waals surface area contributed by atoms with Gasteiger partial charge >= 0.3 is 0 Å². The molecule has 0 aliphatic heterocycles. The molecule has 1 nitrogen and oxygen atoms in total. The second-order valence-corrected chi connectivity index (χ2v) is 3.11. The molecule has 9 heavy (non-hydrogen) atoms. The summed E-state index contributed by atoms with van der Waals surface area (Å²) in [6.45, 7) is 4.49. The van der Waals surface area contributed by atoms with E-state index in [2.05, 4.69) is 13.8 Å². The lowest BCUT2D eigenvalue weighted by atomic mass is 10.0. The van der Waals surface area contributed by atoms with Gasteiger partial charge in [0.25, 0.3) is 0 Å². The van der Waals surface area contributed by atoms with Gasteiger partial charge in [-0.15, -0.1) is 12.4 Å². The molecular weight excluding hydrogens is 134 g/mol. The molecule has 1 saturated carbocycles. The molecule has 0 aromatic carbocycles. The van der Waals surface area contributed by atoms with Gasteiger partial charge in [-0.1, -0.05) is 13.8 Å². The van der Waals surface area contributed by atoms with Crippen molar-refractivity contribution in [2.24, 2.45) is 17.6 Å². The average molecular weight is 150 g/mol. The van der Waals surface area contributed by atoms with Crippen LogP contribution in [0.4, 0.5) is 0 Å². The first-order valence-electron chi connectivity index (χ1n) is 3.47. The second kappa shape index (κ2) is 3.43. The van der Waals surface area contributed by atoms with E-state index in [1.165, 1.54) is 12.8 Å². The minimum Gasteiger partial charge on any atom is -0.327 e. The molecule has 1 aliphatic rings. The zero-order valence-corrected chi connectivity index (χ0v) is 6.95. The number of hydrogen-bond donors (Lipinski definition) is 1. The minimum atomic E-state index is 0. The van der Waals surface area contributed by atoms with Crippen LogP contribution in [-0.4, -0.2) is 6.04 Å². The molecular formula is C7H16ClN. The predicted molar refractivity (Wildman–Crippen MR) is 42.8 cm³/mol. The van der Waals surface area contributed by atoms with Gasteiger partial charge in [0.1, 0.15) is 0 Å². The van der Waals surface area contributed by atoms with Gasteiger partial charge in [-0.05, 0) is 24.7 Å². The molecule has 0 radical (unpaired) electrons. The van der Waals surface area contributed by atoms with E-state index in [4.69, 9.17) is 5.73 Å². The van der Waals surface area contributed by atoms with E-state index in [9.17, 15) is 0 Å². The zero-order chi connectivity index (χ0) is 6.15. The largest absolute Gasteiger partial charge is 0.327 e. The molecule has 1 aliphatic carbocycles. The number of hydrogen-bond acceptors (Lipinski definition) is 1. The van der Waals surface area contributed by atoms with Crippen LogP contribution in [0.5, 0.6) is 0 Å². The molecule has 0 amide bonds. The van der Waals surface area contributed by atoms with Crippen LogP contribution in [0.15, 0.2) is 0 Å². The monoisotopic (exact) mass is 149 g/mol. The van der Waals surface area contributed by atoms with Crippen molar-refractivity contribution in [1.29, 1.82) is 0 Å². The highest BCUT2D eigenvalue weighted by Gasteiger charge is 2.26. The van der Waals surface area contributed by atoms with Gasteiger partial charge in [0, 0.05) is 6.04 Å². The summed E-state index contributed by atoms with van der Waals surface area (Å²) in [4.78, 5) is 0. The van der Waals surface area contributed by atoms with Crippen LogP contribution in [0, 0.1) is 11.8 Å². The average Bonchev–Trinajstić information content (AvgIpc) is 1.98. The number of rotatable bonds is 0. The fraction of sp³-hybridized carbons (Fsp3) is 1.00. The first-order valence-corrected chi connectivity index (χ1v) is 3.47. The van der Waals surface area contributed by atoms with Crippen molar-refractivity contribution in [3.8, 4) is 0 Å². The topological polar surface area (TPSA) is 26.0 Å². The molecule has 0 bridgehead atoms. The van der Waals surface area contributed by atoms with Gasteiger partial charge in [0.15, 0.2) is 0 Å². The molecule has 56 valence electrons. The van der Waals surface area contributed by atoms with Gasteiger partial charge in [-0.25, -0.2) is 0 Å². The summed E-state index contributed by atoms with van der Waals surface area (Å²) in [7, 11) is 0. The molecule has 2 unspecified atom stereocenters. The standard InChI is InChI=1S/C7H15N.ClH/c1-5-3-4-6(2)7(5)8;/h5-7H,3-4,8H2,1-2H3;1H. The van der Waals surface area contributed by atoms with E-state index in [-0.39, 0.29) is 12.4 Å². The molecule has 0 aromatic heterocycles. The van der Waals surface area contributed by atoms with Crippen molar-refractivity contribution in [3.05, 3.63) is 0 Å². The summed E-state index contributed by atoms with van der Waals surface area (Å²) >= 11 is 0. The highest BCUT2D eigenvalue weighted by atomic mass is 35.5. The maximum atomic E-state index is 5.82. The molecule has 1 fully saturated rings. The fourth-order valence-electron chi connectivity index (χ4n) is 1.47. The number of halogens is 1. The summed E-state index contributed by atoms with van der Waals surface area (Å²) in [6, 6.07) is 0.481. The first-order chi connectivity index (χ1) is 3.72. The lowest BCUT2D eigenvalue weighted by Gasteiger charge is -2.12. The molecule has 0 spiro atoms. The zero-order valence-electron chi connectivity index (χ0n) is 6.13. The van der Waals surface area contributed by atoms with Crippen molar-refractivity contribution in [1.82, 2.24) is 0 Å². The Balaban J connectivity index is 0.000000640. The molecule has 2 N–H and O–H groups in total. The Morgan fingerprint density at radius 2 is 1.44 bits per heavy atom. The summed E-state index contributed by atoms with van der Waals surface area (Å²) in [5.74, 6) is 1.54. The quantitative estimate of drug-likeness (QED) is 0.559. The molecule has 1 rings (SSSR count). The molecule has 2 heteroatoms. The van der Waals surface area contributed by atoms with E-state index in [0.29, 0.717) is 6.04 Å². The van der Waals surface area contributed by atoms with Crippen molar-refractivity contribution in [3.63, 3.8) is 0 Å². The normalized spacial score (nSPS) is 42.3. The Bertz CT molecular complexity index is 75.0. The molecule has 2 atom stereocenters. The van der Waals surface area contributed by atoms with E-state index >= 15 is 0 Å². The maximum absolute atomic E-state index is 5.82. The lowest BCUT2D eigenvalue weighted by molar-refractivity contribution is 0.456. The summed E-state index contributed by atoms with van der Waals surface area (Å²) < 4.78 is 0. The van der Waals surface area contributed by atoms with Crippen LogP contribution in [0.2, 0.25) is 0 Å². The van der Waals surface area contributed by atoms with Gasteiger partial charge < -0.3 is 5.73 Å². The summed E-state index contributed by atoms with van der Waals surface area (Å²) in [5, 5.41) is 0. The molecule has 0 aromatic rings. The third-order valence-corrected chi connectivity index (χ3v) is 2.39. The minimum absolute atomic E-state index is 0. The van der Waals surface area contributed by atoms with Crippen LogP contribution in [0.25, 0.3) is 0 Å². The van der Waals surface area contributed by atoms with Crippen LogP contribution < -0.4 is 5.73 Å². The van der Waals surface area contributed by atoms with Gasteiger partial charge in [-0.3, -0.25) is 0 Å². The highest BCUT2D eigenvalue weighted by Crippen LogP contribution is 2.28. The van der Waals surface area contributed by atoms with Gasteiger partial charge in [0.05, 0.1) is 0 Å². The van der Waals surface area contributed by atoms with Crippen LogP contribution in [-0.2, 0) is 0 Å². The smallest absolute Gasteiger partial charge is 0.00903 e. The van der Waals surface area contributed by atoms with Crippen molar-refractivity contribution in [2.75, 3.05) is 0 Å². The Morgan fingerprint density at radius 3 is 1.56 bits per heavy atom. The SMILES string of the molecule is CC1CCC(C)C1N.Cl. The maximum Gasteiger partial charge on any atom is 0.00903 e. The van der Waals surface area contributed by atoms with Gasteiger partial charge in [-0.2, -0.15) is 0 Å². The third kappa shape index (κ3) is 1.84. The van der Waals surface area contributed by atoms with Crippen molar-refractivity contribution < 1.29 is 0 Å². The van der Waals surface area contributed by atoms with Crippen LogP contribution in [0.3, 0.4) is 0 Å². The van der Waals surface area contributed by atoms with Crippen LogP contribution >= 0.6 is 12.4 Å². The second-order valence-electron chi connectivity index (χ2n) is 3.11. The van der Waals surface area contributed by atoms with E-state index in [0.717, 1.165) is 11.8 Å². The summed E-state index contributed by atoms with van der Waals surface area (Å²) in [5.41, 5.74) is 5.82. The summed E-state index contributed by atoms with van der Waals surface area (Å²) in [6.07, 6.45) is 2.67.